The Balaban J connectivity index is 1.56. The van der Waals surface area contributed by atoms with E-state index in [4.69, 9.17) is 4.74 Å². The van der Waals surface area contributed by atoms with Crippen molar-refractivity contribution in [3.63, 3.8) is 0 Å². The van der Waals surface area contributed by atoms with E-state index in [1.54, 1.807) is 4.52 Å². The van der Waals surface area contributed by atoms with Crippen molar-refractivity contribution in [1.82, 2.24) is 30.3 Å². The predicted octanol–water partition coefficient (Wildman–Crippen LogP) is 2.02. The summed E-state index contributed by atoms with van der Waals surface area (Å²) in [6, 6.07) is 3.64. The van der Waals surface area contributed by atoms with E-state index in [0.717, 1.165) is 5.69 Å². The number of aromatic nitrogens is 3. The number of ether oxygens (including phenoxy) is 1. The Labute approximate surface area is 188 Å². The van der Waals surface area contributed by atoms with Crippen LogP contribution in [-0.2, 0) is 14.3 Å². The molecule has 0 bridgehead atoms. The van der Waals surface area contributed by atoms with Crippen LogP contribution in [0.2, 0.25) is 0 Å². The molecule has 2 aromatic heterocycles. The topological polar surface area (TPSA) is 101 Å². The molecule has 180 valence electrons. The summed E-state index contributed by atoms with van der Waals surface area (Å²) in [5.41, 5.74) is 7.42. The average molecular weight is 468 g/mol. The van der Waals surface area contributed by atoms with Gasteiger partial charge in [-0.1, -0.05) is 0 Å². The minimum Gasteiger partial charge on any atom is -0.368 e. The lowest BCUT2D eigenvalue weighted by Crippen LogP contribution is -2.51. The molecular weight excluding hydrogens is 441 g/mol. The van der Waals surface area contributed by atoms with Gasteiger partial charge in [0.2, 0.25) is 0 Å². The van der Waals surface area contributed by atoms with Gasteiger partial charge in [-0.2, -0.15) is 18.3 Å². The van der Waals surface area contributed by atoms with Crippen LogP contribution in [-0.4, -0.2) is 64.2 Å². The minimum absolute atomic E-state index is 0.0611. The van der Waals surface area contributed by atoms with Crippen LogP contribution in [0.15, 0.2) is 12.1 Å². The molecule has 33 heavy (non-hydrogen) atoms. The van der Waals surface area contributed by atoms with Crippen LogP contribution in [0.4, 0.5) is 13.2 Å². The highest BCUT2D eigenvalue weighted by Gasteiger charge is 2.42. The highest BCUT2D eigenvalue weighted by Crippen LogP contribution is 2.42. The summed E-state index contributed by atoms with van der Waals surface area (Å²) < 4.78 is 46.6. The van der Waals surface area contributed by atoms with Gasteiger partial charge >= 0.3 is 18.0 Å². The first-order chi connectivity index (χ1) is 15.7. The molecule has 2 aromatic rings. The number of carbonyl (C=O) groups is 2. The Hall–Kier alpha value is -2.73. The molecule has 0 aromatic carbocycles. The van der Waals surface area contributed by atoms with Gasteiger partial charge in [0.1, 0.15) is 6.10 Å². The molecule has 2 fully saturated rings. The molecule has 2 amide bonds. The number of morpholine rings is 1. The zero-order chi connectivity index (χ0) is 23.8. The standard InChI is InChI=1S/C21H27F3N6O3/c1-12-9-16(17-11-29(7-8-33-17)20(32)19(31)27-25-2)30-18(26-12)10-15(28-30)13-3-5-14(6-4-13)21(22,23)24/h9-10,13-14,17,25H,3-8,11H2,1-2H3,(H,27,31)/t13?,14?,17-/m1/s1. The third-order valence-electron chi connectivity index (χ3n) is 6.33. The molecule has 2 N–H and O–H groups in total. The highest BCUT2D eigenvalue weighted by atomic mass is 19.4. The van der Waals surface area contributed by atoms with Crippen molar-refractivity contribution in [3.8, 4) is 0 Å². The van der Waals surface area contributed by atoms with E-state index in [2.05, 4.69) is 20.9 Å². The molecular formula is C21H27F3N6O3. The van der Waals surface area contributed by atoms with E-state index in [1.807, 2.05) is 19.1 Å². The summed E-state index contributed by atoms with van der Waals surface area (Å²) in [6.07, 6.45) is -3.64. The Morgan fingerprint density at radius 1 is 1.18 bits per heavy atom. The fourth-order valence-electron chi connectivity index (χ4n) is 4.62. The Morgan fingerprint density at radius 2 is 1.91 bits per heavy atom. The largest absolute Gasteiger partial charge is 0.391 e. The van der Waals surface area contributed by atoms with E-state index in [-0.39, 0.29) is 38.5 Å². The second-order valence-electron chi connectivity index (χ2n) is 8.57. The van der Waals surface area contributed by atoms with Crippen molar-refractivity contribution in [2.45, 2.75) is 50.8 Å². The molecule has 1 aliphatic carbocycles. The summed E-state index contributed by atoms with van der Waals surface area (Å²) >= 11 is 0. The SMILES string of the molecule is CNNC(=O)C(=O)N1CCO[C@@H](c2cc(C)nc3cc(C4CCC(C(F)(F)F)CC4)nn23)C1. The summed E-state index contributed by atoms with van der Waals surface area (Å²) in [6.45, 7) is 2.53. The number of halogens is 3. The number of aryl methyl sites for hydroxylation is 1. The van der Waals surface area contributed by atoms with Crippen LogP contribution in [0.3, 0.4) is 0 Å². The summed E-state index contributed by atoms with van der Waals surface area (Å²) in [7, 11) is 1.49. The molecule has 4 rings (SSSR count). The minimum atomic E-state index is -4.15. The predicted molar refractivity (Wildman–Crippen MR) is 111 cm³/mol. The maximum atomic E-state index is 13.0. The number of hydrogen-bond donors (Lipinski definition) is 2. The lowest BCUT2D eigenvalue weighted by atomic mass is 9.80. The molecule has 9 nitrogen and oxygen atoms in total. The molecule has 1 atom stereocenters. The van der Waals surface area contributed by atoms with Crippen molar-refractivity contribution in [2.24, 2.45) is 5.92 Å². The fraction of sp³-hybridized carbons (Fsp3) is 0.619. The van der Waals surface area contributed by atoms with Gasteiger partial charge in [-0.3, -0.25) is 15.0 Å². The summed E-state index contributed by atoms with van der Waals surface area (Å²) in [5.74, 6) is -2.73. The summed E-state index contributed by atoms with van der Waals surface area (Å²) in [5, 5.41) is 4.67. The average Bonchev–Trinajstić information content (AvgIpc) is 3.21. The smallest absolute Gasteiger partial charge is 0.368 e. The van der Waals surface area contributed by atoms with Gasteiger partial charge in [-0.15, -0.1) is 0 Å². The molecule has 1 saturated heterocycles. The highest BCUT2D eigenvalue weighted by molar-refractivity contribution is 6.34. The molecule has 2 aliphatic rings. The van der Waals surface area contributed by atoms with Crippen molar-refractivity contribution < 1.29 is 27.5 Å². The van der Waals surface area contributed by atoms with Crippen LogP contribution >= 0.6 is 0 Å². The van der Waals surface area contributed by atoms with E-state index in [0.29, 0.717) is 29.9 Å². The number of fused-ring (bicyclic) bond motifs is 1. The van der Waals surface area contributed by atoms with Gasteiger partial charge in [-0.05, 0) is 38.7 Å². The number of amides is 2. The number of hydrazine groups is 1. The molecule has 0 unspecified atom stereocenters. The second kappa shape index (κ2) is 9.26. The second-order valence-corrected chi connectivity index (χ2v) is 8.57. The number of carbonyl (C=O) groups excluding carboxylic acids is 2. The third-order valence-corrected chi connectivity index (χ3v) is 6.33. The third kappa shape index (κ3) is 4.96. The number of alkyl halides is 3. The lowest BCUT2D eigenvalue weighted by molar-refractivity contribution is -0.182. The Bertz CT molecular complexity index is 1030. The first-order valence-electron chi connectivity index (χ1n) is 11.0. The Kier molecular flexibility index (Phi) is 6.57. The molecule has 0 spiro atoms. The van der Waals surface area contributed by atoms with Gasteiger partial charge in [0.15, 0.2) is 5.65 Å². The van der Waals surface area contributed by atoms with Crippen LogP contribution in [0, 0.1) is 12.8 Å². The number of nitrogens with zero attached hydrogens (tertiary/aromatic N) is 4. The van der Waals surface area contributed by atoms with E-state index >= 15 is 0 Å². The zero-order valence-electron chi connectivity index (χ0n) is 18.5. The lowest BCUT2D eigenvalue weighted by Gasteiger charge is -2.32. The molecule has 3 heterocycles. The van der Waals surface area contributed by atoms with Gasteiger partial charge in [-0.25, -0.2) is 14.9 Å². The number of rotatable bonds is 3. The summed E-state index contributed by atoms with van der Waals surface area (Å²) in [4.78, 5) is 30.3. The van der Waals surface area contributed by atoms with Crippen LogP contribution in [0.25, 0.3) is 5.65 Å². The van der Waals surface area contributed by atoms with Gasteiger partial charge in [0.25, 0.3) is 0 Å². The van der Waals surface area contributed by atoms with Crippen molar-refractivity contribution in [1.29, 1.82) is 0 Å². The maximum absolute atomic E-state index is 13.0. The first kappa shape index (κ1) is 23.4. The first-order valence-corrected chi connectivity index (χ1v) is 11.0. The van der Waals surface area contributed by atoms with E-state index < -0.39 is 30.0 Å². The van der Waals surface area contributed by atoms with Crippen molar-refractivity contribution in [3.05, 3.63) is 29.2 Å². The van der Waals surface area contributed by atoms with Gasteiger partial charge in [0, 0.05) is 31.3 Å². The zero-order valence-corrected chi connectivity index (χ0v) is 18.5. The maximum Gasteiger partial charge on any atom is 0.391 e. The number of hydrogen-bond acceptors (Lipinski definition) is 6. The van der Waals surface area contributed by atoms with Crippen molar-refractivity contribution in [2.75, 3.05) is 26.7 Å². The normalized spacial score (nSPS) is 24.2. The number of nitrogens with one attached hydrogen (secondary N) is 2. The van der Waals surface area contributed by atoms with Crippen LogP contribution < -0.4 is 10.9 Å². The monoisotopic (exact) mass is 468 g/mol. The fourth-order valence-corrected chi connectivity index (χ4v) is 4.62. The molecule has 12 heteroatoms. The quantitative estimate of drug-likeness (QED) is 0.528. The van der Waals surface area contributed by atoms with Gasteiger partial charge in [0.05, 0.1) is 30.5 Å². The van der Waals surface area contributed by atoms with Gasteiger partial charge < -0.3 is 9.64 Å². The molecule has 0 radical (unpaired) electrons. The van der Waals surface area contributed by atoms with Crippen LogP contribution in [0.1, 0.15) is 54.8 Å². The Morgan fingerprint density at radius 3 is 2.58 bits per heavy atom. The van der Waals surface area contributed by atoms with Crippen LogP contribution in [0.5, 0.6) is 0 Å². The van der Waals surface area contributed by atoms with E-state index in [1.165, 1.54) is 11.9 Å². The van der Waals surface area contributed by atoms with Crippen molar-refractivity contribution >= 4 is 17.5 Å². The molecule has 1 saturated carbocycles. The van der Waals surface area contributed by atoms with E-state index in [9.17, 15) is 22.8 Å². The molecule has 1 aliphatic heterocycles.